The fraction of sp³-hybridized carbons (Fsp3) is 1.00. The van der Waals surface area contributed by atoms with Crippen LogP contribution in [-0.4, -0.2) is 18.1 Å². The molecule has 0 aromatic carbocycles. The van der Waals surface area contributed by atoms with E-state index in [1.54, 1.807) is 0 Å². The van der Waals surface area contributed by atoms with Crippen LogP contribution in [0.4, 0.5) is 0 Å². The third-order valence-electron chi connectivity index (χ3n) is 1.69. The van der Waals surface area contributed by atoms with Crippen molar-refractivity contribution in [3.8, 4) is 0 Å². The molecule has 0 radical (unpaired) electrons. The van der Waals surface area contributed by atoms with Crippen LogP contribution in [0.5, 0.6) is 0 Å². The minimum atomic E-state index is -0.730. The van der Waals surface area contributed by atoms with Crippen molar-refractivity contribution < 1.29 is 4.12 Å². The van der Waals surface area contributed by atoms with E-state index in [1.807, 2.05) is 0 Å². The van der Waals surface area contributed by atoms with Gasteiger partial charge in [-0.05, 0) is 25.2 Å². The molecule has 3 heteroatoms. The fourth-order valence-corrected chi connectivity index (χ4v) is 7.05. The molecule has 0 aliphatic rings. The molecule has 0 aromatic heterocycles. The van der Waals surface area contributed by atoms with E-state index in [1.165, 1.54) is 24.9 Å². The van der Waals surface area contributed by atoms with Gasteiger partial charge in [0.15, 0.2) is 18.1 Å². The van der Waals surface area contributed by atoms with Crippen molar-refractivity contribution >= 4 is 18.1 Å². The molecule has 0 heterocycles. The lowest BCUT2D eigenvalue weighted by molar-refractivity contribution is 0.582. The Morgan fingerprint density at radius 2 is 1.45 bits per heavy atom. The van der Waals surface area contributed by atoms with Gasteiger partial charge < -0.3 is 4.12 Å². The maximum atomic E-state index is 6.01. The molecule has 0 saturated heterocycles. The summed E-state index contributed by atoms with van der Waals surface area (Å²) < 4.78 is 6.01. The Hall–Kier alpha value is 0.394. The molecular weight excluding hydrogens is 168 g/mol. The van der Waals surface area contributed by atoms with Gasteiger partial charge in [0.1, 0.15) is 0 Å². The van der Waals surface area contributed by atoms with E-state index in [-0.39, 0.29) is 0 Å². The maximum absolute atomic E-state index is 6.01. The van der Waals surface area contributed by atoms with Gasteiger partial charge in [0.05, 0.1) is 0 Å². The van der Waals surface area contributed by atoms with Crippen molar-refractivity contribution in [3.63, 3.8) is 0 Å². The first-order valence-corrected chi connectivity index (χ1v) is 9.74. The van der Waals surface area contributed by atoms with Gasteiger partial charge in [0.2, 0.25) is 0 Å². The average molecular weight is 190 g/mol. The Bertz CT molecular complexity index is 80.2. The molecule has 0 fully saturated rings. The van der Waals surface area contributed by atoms with E-state index in [4.69, 9.17) is 4.12 Å². The molecule has 0 bridgehead atoms. The normalized spacial score (nSPS) is 11.5. The summed E-state index contributed by atoms with van der Waals surface area (Å²) in [5.41, 5.74) is 0. The van der Waals surface area contributed by atoms with E-state index < -0.39 is 18.1 Å². The summed E-state index contributed by atoms with van der Waals surface area (Å²) in [6.07, 6.45) is 2.63. The zero-order chi connectivity index (χ0) is 8.69. The summed E-state index contributed by atoms with van der Waals surface area (Å²) in [6.45, 7) is 9.10. The molecule has 68 valence electrons. The lowest BCUT2D eigenvalue weighted by Crippen LogP contribution is -2.24. The summed E-state index contributed by atoms with van der Waals surface area (Å²) in [5, 5.41) is 0. The number of hydrogen-bond donors (Lipinski definition) is 0. The van der Waals surface area contributed by atoms with Gasteiger partial charge >= 0.3 is 0 Å². The molecule has 0 N–H and O–H groups in total. The van der Waals surface area contributed by atoms with Gasteiger partial charge in [0, 0.05) is 0 Å². The third kappa shape index (κ3) is 6.78. The van der Waals surface area contributed by atoms with Crippen LogP contribution in [0.25, 0.3) is 0 Å². The molecule has 1 nitrogen and oxygen atoms in total. The zero-order valence-corrected chi connectivity index (χ0v) is 10.7. The van der Waals surface area contributed by atoms with Crippen LogP contribution in [0.15, 0.2) is 0 Å². The van der Waals surface area contributed by atoms with E-state index in [0.29, 0.717) is 0 Å². The number of rotatable bonds is 6. The molecule has 0 spiro atoms. The van der Waals surface area contributed by atoms with Crippen molar-refractivity contribution in [3.05, 3.63) is 0 Å². The Balaban J connectivity index is 3.50. The topological polar surface area (TPSA) is 9.23 Å². The summed E-state index contributed by atoms with van der Waals surface area (Å²) in [6, 6.07) is 2.78. The lowest BCUT2D eigenvalue weighted by atomic mass is 10.6. The van der Waals surface area contributed by atoms with Crippen molar-refractivity contribution in [1.29, 1.82) is 0 Å². The molecular formula is C8H22OSi2. The zero-order valence-electron chi connectivity index (χ0n) is 8.39. The quantitative estimate of drug-likeness (QED) is 0.585. The lowest BCUT2D eigenvalue weighted by Gasteiger charge is -2.17. The van der Waals surface area contributed by atoms with Crippen molar-refractivity contribution in [2.24, 2.45) is 0 Å². The highest BCUT2D eigenvalue weighted by Crippen LogP contribution is 2.08. The molecule has 0 amide bonds. The van der Waals surface area contributed by atoms with Crippen LogP contribution >= 0.6 is 0 Å². The van der Waals surface area contributed by atoms with Gasteiger partial charge in [-0.2, -0.15) is 0 Å². The average Bonchev–Trinajstić information content (AvgIpc) is 1.87. The molecule has 0 saturated carbocycles. The molecule has 0 aromatic rings. The summed E-state index contributed by atoms with van der Waals surface area (Å²) in [7, 11) is -1.46. The van der Waals surface area contributed by atoms with Gasteiger partial charge in [-0.25, -0.2) is 0 Å². The van der Waals surface area contributed by atoms with Crippen LogP contribution in [0.2, 0.25) is 25.2 Å². The Morgan fingerprint density at radius 3 is 1.73 bits per heavy atom. The van der Waals surface area contributed by atoms with Crippen molar-refractivity contribution in [1.82, 2.24) is 0 Å². The van der Waals surface area contributed by atoms with Crippen LogP contribution in [0.1, 0.15) is 26.7 Å². The highest BCUT2D eigenvalue weighted by atomic mass is 28.4. The van der Waals surface area contributed by atoms with Gasteiger partial charge in [0.25, 0.3) is 0 Å². The van der Waals surface area contributed by atoms with Crippen LogP contribution in [-0.2, 0) is 4.12 Å². The minimum absolute atomic E-state index is 0.730. The molecule has 11 heavy (non-hydrogen) atoms. The second-order valence-corrected chi connectivity index (χ2v) is 8.97. The Kier molecular flexibility index (Phi) is 7.32. The highest BCUT2D eigenvalue weighted by Gasteiger charge is 2.10. The minimum Gasteiger partial charge on any atom is -0.460 e. The summed E-state index contributed by atoms with van der Waals surface area (Å²) >= 11 is 0. The first-order valence-electron chi connectivity index (χ1n) is 4.86. The summed E-state index contributed by atoms with van der Waals surface area (Å²) in [5.74, 6) is 0. The van der Waals surface area contributed by atoms with E-state index in [9.17, 15) is 0 Å². The Morgan fingerprint density at radius 1 is 1.00 bits per heavy atom. The standard InChI is InChI=1S/C8H22OSi2/c1-5-7-11(8-6-2)9-10(3)4/h10-11H,5-8H2,1-4H3. The van der Waals surface area contributed by atoms with E-state index >= 15 is 0 Å². The summed E-state index contributed by atoms with van der Waals surface area (Å²) in [4.78, 5) is 0. The van der Waals surface area contributed by atoms with Crippen molar-refractivity contribution in [2.45, 2.75) is 51.9 Å². The van der Waals surface area contributed by atoms with E-state index in [2.05, 4.69) is 26.9 Å². The molecule has 0 rings (SSSR count). The van der Waals surface area contributed by atoms with Crippen LogP contribution < -0.4 is 0 Å². The van der Waals surface area contributed by atoms with Gasteiger partial charge in [-0.1, -0.05) is 26.7 Å². The second kappa shape index (κ2) is 7.07. The Labute approximate surface area is 74.6 Å². The fourth-order valence-electron chi connectivity index (χ4n) is 1.31. The van der Waals surface area contributed by atoms with Gasteiger partial charge in [-0.15, -0.1) is 0 Å². The van der Waals surface area contributed by atoms with Crippen molar-refractivity contribution in [2.75, 3.05) is 0 Å². The predicted molar refractivity (Wildman–Crippen MR) is 57.3 cm³/mol. The SMILES string of the molecule is CCC[SiH](CCC)O[SiH](C)C. The first kappa shape index (κ1) is 11.4. The molecule has 0 aliphatic heterocycles. The molecule has 0 unspecified atom stereocenters. The first-order chi connectivity index (χ1) is 5.20. The van der Waals surface area contributed by atoms with E-state index in [0.717, 1.165) is 0 Å². The van der Waals surface area contributed by atoms with Crippen LogP contribution in [0.3, 0.4) is 0 Å². The van der Waals surface area contributed by atoms with Crippen LogP contribution in [0, 0.1) is 0 Å². The monoisotopic (exact) mass is 190 g/mol. The highest BCUT2D eigenvalue weighted by molar-refractivity contribution is 6.64. The second-order valence-electron chi connectivity index (χ2n) is 3.38. The molecule has 0 aliphatic carbocycles. The third-order valence-corrected chi connectivity index (χ3v) is 7.85. The molecule has 0 atom stereocenters. The number of hydrogen-bond acceptors (Lipinski definition) is 1. The smallest absolute Gasteiger partial charge is 0.162 e. The largest absolute Gasteiger partial charge is 0.460 e. The van der Waals surface area contributed by atoms with Gasteiger partial charge in [-0.3, -0.25) is 0 Å². The maximum Gasteiger partial charge on any atom is 0.162 e. The predicted octanol–water partition coefficient (Wildman–Crippen LogP) is 2.53.